The van der Waals surface area contributed by atoms with Crippen molar-refractivity contribution < 1.29 is 4.79 Å². The number of carbonyl (C=O) groups is 1. The molecule has 94 valence electrons. The summed E-state index contributed by atoms with van der Waals surface area (Å²) in [5.74, 6) is 0.0756. The summed E-state index contributed by atoms with van der Waals surface area (Å²) < 4.78 is 0. The molecule has 0 fully saturated rings. The number of nitrogen functional groups attached to an aromatic ring is 1. The molecule has 2 N–H and O–H groups in total. The van der Waals surface area contributed by atoms with Crippen molar-refractivity contribution in [3.63, 3.8) is 0 Å². The summed E-state index contributed by atoms with van der Waals surface area (Å²) in [6.07, 6.45) is 0.959. The number of carbonyl (C=O) groups excluding carboxylic acids is 1. The third-order valence-corrected chi connectivity index (χ3v) is 3.22. The van der Waals surface area contributed by atoms with Crippen LogP contribution < -0.4 is 5.73 Å². The fourth-order valence-electron chi connectivity index (χ4n) is 1.90. The van der Waals surface area contributed by atoms with Gasteiger partial charge in [0, 0.05) is 23.8 Å². The molecule has 0 heterocycles. The van der Waals surface area contributed by atoms with E-state index < -0.39 is 0 Å². The highest BCUT2D eigenvalue weighted by Gasteiger charge is 2.20. The normalized spacial score (nSPS) is 12.2. The maximum Gasteiger partial charge on any atom is 0.254 e. The molecule has 0 aliphatic carbocycles. The highest BCUT2D eigenvalue weighted by atomic mass is 16.2. The molecule has 3 heteroatoms. The van der Waals surface area contributed by atoms with Gasteiger partial charge in [-0.1, -0.05) is 13.0 Å². The van der Waals surface area contributed by atoms with E-state index in [-0.39, 0.29) is 11.9 Å². The van der Waals surface area contributed by atoms with Crippen LogP contribution in [0.1, 0.15) is 43.1 Å². The molecule has 0 spiro atoms. The molecule has 0 radical (unpaired) electrons. The van der Waals surface area contributed by atoms with Gasteiger partial charge in [-0.2, -0.15) is 0 Å². The molecule has 1 amide bonds. The van der Waals surface area contributed by atoms with Crippen LogP contribution in [0.2, 0.25) is 0 Å². The number of rotatable bonds is 4. The van der Waals surface area contributed by atoms with Crippen LogP contribution in [0.3, 0.4) is 0 Å². The molecule has 1 aromatic carbocycles. The Kier molecular flexibility index (Phi) is 4.55. The lowest BCUT2D eigenvalue weighted by Crippen LogP contribution is -2.38. The van der Waals surface area contributed by atoms with Crippen molar-refractivity contribution in [1.29, 1.82) is 0 Å². The quantitative estimate of drug-likeness (QED) is 0.814. The largest absolute Gasteiger partial charge is 0.399 e. The van der Waals surface area contributed by atoms with Crippen molar-refractivity contribution >= 4 is 11.6 Å². The minimum Gasteiger partial charge on any atom is -0.399 e. The Bertz CT molecular complexity index is 401. The number of hydrogen-bond acceptors (Lipinski definition) is 2. The zero-order valence-corrected chi connectivity index (χ0v) is 11.2. The Morgan fingerprint density at radius 1 is 1.41 bits per heavy atom. The Balaban J connectivity index is 3.05. The fraction of sp³-hybridized carbons (Fsp3) is 0.500. The summed E-state index contributed by atoms with van der Waals surface area (Å²) in [5.41, 5.74) is 8.08. The van der Waals surface area contributed by atoms with Crippen LogP contribution in [0.5, 0.6) is 0 Å². The van der Waals surface area contributed by atoms with Gasteiger partial charge >= 0.3 is 0 Å². The van der Waals surface area contributed by atoms with E-state index in [9.17, 15) is 4.79 Å². The number of nitrogens with two attached hydrogens (primary N) is 1. The van der Waals surface area contributed by atoms with E-state index in [1.54, 1.807) is 6.07 Å². The molecule has 1 rings (SSSR count). The van der Waals surface area contributed by atoms with E-state index in [2.05, 4.69) is 13.8 Å². The molecule has 1 atom stereocenters. The summed E-state index contributed by atoms with van der Waals surface area (Å²) in [6, 6.07) is 5.75. The van der Waals surface area contributed by atoms with Crippen molar-refractivity contribution in [3.05, 3.63) is 29.3 Å². The van der Waals surface area contributed by atoms with Crippen LogP contribution in [0, 0.1) is 6.92 Å². The van der Waals surface area contributed by atoms with E-state index in [1.165, 1.54) is 0 Å². The second-order valence-corrected chi connectivity index (χ2v) is 4.42. The molecular weight excluding hydrogens is 212 g/mol. The standard InChI is InChI=1S/C14H22N2O/c1-5-11(4)16(6-2)14(17)13-9-12(15)8-7-10(13)3/h7-9,11H,5-6,15H2,1-4H3. The lowest BCUT2D eigenvalue weighted by molar-refractivity contribution is 0.0699. The number of nitrogens with zero attached hydrogens (tertiary/aromatic N) is 1. The van der Waals surface area contributed by atoms with Gasteiger partial charge in [0.25, 0.3) is 5.91 Å². The van der Waals surface area contributed by atoms with Crippen molar-refractivity contribution in [1.82, 2.24) is 4.90 Å². The first kappa shape index (κ1) is 13.6. The van der Waals surface area contributed by atoms with Gasteiger partial charge in [0.05, 0.1) is 0 Å². The monoisotopic (exact) mass is 234 g/mol. The molecule has 0 saturated carbocycles. The Morgan fingerprint density at radius 2 is 2.06 bits per heavy atom. The summed E-state index contributed by atoms with van der Waals surface area (Å²) in [5, 5.41) is 0. The summed E-state index contributed by atoms with van der Waals surface area (Å²) in [6.45, 7) is 8.83. The van der Waals surface area contributed by atoms with Crippen LogP contribution in [0.25, 0.3) is 0 Å². The first-order valence-corrected chi connectivity index (χ1v) is 6.18. The summed E-state index contributed by atoms with van der Waals surface area (Å²) >= 11 is 0. The van der Waals surface area contributed by atoms with Crippen molar-refractivity contribution in [2.24, 2.45) is 0 Å². The predicted molar refractivity (Wildman–Crippen MR) is 72.1 cm³/mol. The van der Waals surface area contributed by atoms with E-state index >= 15 is 0 Å². The number of benzene rings is 1. The summed E-state index contributed by atoms with van der Waals surface area (Å²) in [7, 11) is 0. The Morgan fingerprint density at radius 3 is 2.59 bits per heavy atom. The van der Waals surface area contributed by atoms with Gasteiger partial charge in [0.15, 0.2) is 0 Å². The fourth-order valence-corrected chi connectivity index (χ4v) is 1.90. The average Bonchev–Trinajstić information content (AvgIpc) is 2.32. The zero-order chi connectivity index (χ0) is 13.0. The van der Waals surface area contributed by atoms with Crippen LogP contribution in [0.4, 0.5) is 5.69 Å². The van der Waals surface area contributed by atoms with Gasteiger partial charge < -0.3 is 10.6 Å². The molecular formula is C14H22N2O. The molecule has 3 nitrogen and oxygen atoms in total. The van der Waals surface area contributed by atoms with Crippen molar-refractivity contribution in [2.45, 2.75) is 40.2 Å². The minimum atomic E-state index is 0.0756. The van der Waals surface area contributed by atoms with E-state index in [4.69, 9.17) is 5.73 Å². The molecule has 0 bridgehead atoms. The highest BCUT2D eigenvalue weighted by Crippen LogP contribution is 2.17. The van der Waals surface area contributed by atoms with E-state index in [0.717, 1.165) is 18.5 Å². The first-order valence-electron chi connectivity index (χ1n) is 6.18. The Hall–Kier alpha value is -1.51. The van der Waals surface area contributed by atoms with Crippen LogP contribution in [-0.4, -0.2) is 23.4 Å². The lowest BCUT2D eigenvalue weighted by Gasteiger charge is -2.28. The smallest absolute Gasteiger partial charge is 0.254 e. The maximum absolute atomic E-state index is 12.4. The predicted octanol–water partition coefficient (Wildman–Crippen LogP) is 2.84. The maximum atomic E-state index is 12.4. The number of aryl methyl sites for hydroxylation is 1. The average molecular weight is 234 g/mol. The van der Waals surface area contributed by atoms with Crippen LogP contribution in [0.15, 0.2) is 18.2 Å². The first-order chi connectivity index (χ1) is 8.01. The third kappa shape index (κ3) is 2.99. The number of anilines is 1. The van der Waals surface area contributed by atoms with Gasteiger partial charge in [-0.3, -0.25) is 4.79 Å². The SMILES string of the molecule is CCC(C)N(CC)C(=O)c1cc(N)ccc1C. The second-order valence-electron chi connectivity index (χ2n) is 4.42. The molecule has 0 aliphatic rings. The van der Waals surface area contributed by atoms with Gasteiger partial charge in [0.2, 0.25) is 0 Å². The van der Waals surface area contributed by atoms with E-state index in [1.807, 2.05) is 30.9 Å². The van der Waals surface area contributed by atoms with Crippen molar-refractivity contribution in [3.8, 4) is 0 Å². The number of amides is 1. The van der Waals surface area contributed by atoms with Gasteiger partial charge in [-0.15, -0.1) is 0 Å². The number of hydrogen-bond donors (Lipinski definition) is 1. The van der Waals surface area contributed by atoms with Crippen LogP contribution >= 0.6 is 0 Å². The summed E-state index contributed by atoms with van der Waals surface area (Å²) in [4.78, 5) is 14.3. The van der Waals surface area contributed by atoms with E-state index in [0.29, 0.717) is 11.3 Å². The minimum absolute atomic E-state index is 0.0756. The van der Waals surface area contributed by atoms with Crippen molar-refractivity contribution in [2.75, 3.05) is 12.3 Å². The van der Waals surface area contributed by atoms with Gasteiger partial charge in [-0.05, 0) is 44.9 Å². The second kappa shape index (κ2) is 5.71. The Labute approximate surface area is 104 Å². The molecule has 1 aromatic rings. The van der Waals surface area contributed by atoms with Gasteiger partial charge in [-0.25, -0.2) is 0 Å². The molecule has 0 aliphatic heterocycles. The van der Waals surface area contributed by atoms with Crippen LogP contribution in [-0.2, 0) is 0 Å². The molecule has 0 saturated heterocycles. The molecule has 1 unspecified atom stereocenters. The van der Waals surface area contributed by atoms with Gasteiger partial charge in [0.1, 0.15) is 0 Å². The molecule has 17 heavy (non-hydrogen) atoms. The molecule has 0 aromatic heterocycles. The zero-order valence-electron chi connectivity index (χ0n) is 11.2. The highest BCUT2D eigenvalue weighted by molar-refractivity contribution is 5.96. The topological polar surface area (TPSA) is 46.3 Å². The third-order valence-electron chi connectivity index (χ3n) is 3.22. The lowest BCUT2D eigenvalue weighted by atomic mass is 10.1.